The molecular weight excluding hydrogens is 297 g/mol. The summed E-state index contributed by atoms with van der Waals surface area (Å²) in [7, 11) is 0. The van der Waals surface area contributed by atoms with Gasteiger partial charge in [0, 0.05) is 0 Å². The van der Waals surface area contributed by atoms with Crippen LogP contribution in [0.4, 0.5) is 4.39 Å². The van der Waals surface area contributed by atoms with Crippen LogP contribution in [0.1, 0.15) is 28.9 Å². The third kappa shape index (κ3) is 3.21. The zero-order chi connectivity index (χ0) is 15.4. The lowest BCUT2D eigenvalue weighted by atomic mass is 10.0. The van der Waals surface area contributed by atoms with Crippen molar-refractivity contribution in [1.82, 2.24) is 4.98 Å². The van der Waals surface area contributed by atoms with Crippen molar-refractivity contribution in [2.75, 3.05) is 6.61 Å². The highest BCUT2D eigenvalue weighted by atomic mass is 35.5. The van der Waals surface area contributed by atoms with Gasteiger partial charge in [-0.05, 0) is 13.0 Å². The van der Waals surface area contributed by atoms with E-state index in [0.717, 1.165) is 0 Å². The number of carbonyl (C=O) groups is 3. The number of hydrogen-bond donors (Lipinski definition) is 2. The number of carbonyl (C=O) groups excluding carboxylic acids is 1. The molecule has 0 atom stereocenters. The van der Waals surface area contributed by atoms with Crippen LogP contribution in [0.3, 0.4) is 0 Å². The fraction of sp³-hybridized carbons (Fsp3) is 0.273. The smallest absolute Gasteiger partial charge is 0.341 e. The second kappa shape index (κ2) is 6.29. The summed E-state index contributed by atoms with van der Waals surface area (Å²) in [5.41, 5.74) is -1.30. The molecule has 0 aliphatic carbocycles. The second-order valence-corrected chi connectivity index (χ2v) is 3.88. The Morgan fingerprint density at radius 2 is 1.95 bits per heavy atom. The number of pyridine rings is 1. The van der Waals surface area contributed by atoms with Crippen molar-refractivity contribution in [1.29, 1.82) is 0 Å². The van der Waals surface area contributed by atoms with Crippen LogP contribution in [-0.4, -0.2) is 39.7 Å². The molecule has 0 aliphatic heterocycles. The van der Waals surface area contributed by atoms with Gasteiger partial charge in [-0.15, -0.1) is 0 Å². The molecule has 20 heavy (non-hydrogen) atoms. The number of halogens is 2. The number of esters is 1. The third-order valence-corrected chi connectivity index (χ3v) is 2.51. The van der Waals surface area contributed by atoms with E-state index in [-0.39, 0.29) is 6.61 Å². The summed E-state index contributed by atoms with van der Waals surface area (Å²) in [6.45, 7) is 1.54. The van der Waals surface area contributed by atoms with E-state index in [9.17, 15) is 18.8 Å². The predicted molar refractivity (Wildman–Crippen MR) is 63.2 cm³/mol. The minimum atomic E-state index is -2.22. The van der Waals surface area contributed by atoms with Crippen molar-refractivity contribution >= 4 is 29.5 Å². The summed E-state index contributed by atoms with van der Waals surface area (Å²) in [5, 5.41) is 17.0. The van der Waals surface area contributed by atoms with Gasteiger partial charge in [0.25, 0.3) is 0 Å². The minimum absolute atomic E-state index is 0.0193. The normalized spacial score (nSPS) is 10.4. The lowest BCUT2D eigenvalue weighted by molar-refractivity contribution is -0.150. The van der Waals surface area contributed by atoms with Crippen molar-refractivity contribution < 1.29 is 33.7 Å². The van der Waals surface area contributed by atoms with Crippen molar-refractivity contribution in [2.24, 2.45) is 0 Å². The van der Waals surface area contributed by atoms with Crippen LogP contribution in [0.2, 0.25) is 5.15 Å². The van der Waals surface area contributed by atoms with Crippen LogP contribution in [0.25, 0.3) is 0 Å². The topological polar surface area (TPSA) is 114 Å². The number of aliphatic carboxylic acids is 2. The van der Waals surface area contributed by atoms with Crippen molar-refractivity contribution in [3.05, 3.63) is 28.3 Å². The minimum Gasteiger partial charge on any atom is -0.480 e. The van der Waals surface area contributed by atoms with Gasteiger partial charge < -0.3 is 14.9 Å². The molecule has 1 aromatic rings. The maximum absolute atomic E-state index is 13.7. The molecule has 9 heteroatoms. The monoisotopic (exact) mass is 305 g/mol. The molecule has 0 aliphatic rings. The van der Waals surface area contributed by atoms with Gasteiger partial charge in [0.05, 0.1) is 12.2 Å². The van der Waals surface area contributed by atoms with Crippen LogP contribution in [0.5, 0.6) is 0 Å². The standard InChI is InChI=1S/C11H9ClFNO6/c1-2-20-11(19)4-3-5(13)7(14-8(4)12)6(9(15)16)10(17)18/h3,6H,2H2,1H3,(H,15,16)(H,17,18). The number of aromatic nitrogens is 1. The largest absolute Gasteiger partial charge is 0.480 e. The molecule has 0 spiro atoms. The van der Waals surface area contributed by atoms with Crippen LogP contribution in [-0.2, 0) is 14.3 Å². The molecule has 0 bridgehead atoms. The molecular formula is C11H9ClFNO6. The maximum Gasteiger partial charge on any atom is 0.341 e. The van der Waals surface area contributed by atoms with E-state index in [0.29, 0.717) is 6.07 Å². The van der Waals surface area contributed by atoms with Crippen LogP contribution >= 0.6 is 11.6 Å². The van der Waals surface area contributed by atoms with Gasteiger partial charge >= 0.3 is 17.9 Å². The van der Waals surface area contributed by atoms with Gasteiger partial charge in [-0.2, -0.15) is 0 Å². The molecule has 7 nitrogen and oxygen atoms in total. The van der Waals surface area contributed by atoms with Gasteiger partial charge in [0.1, 0.15) is 16.7 Å². The first-order chi connectivity index (χ1) is 9.29. The zero-order valence-electron chi connectivity index (χ0n) is 10.1. The zero-order valence-corrected chi connectivity index (χ0v) is 10.8. The molecule has 0 radical (unpaired) electrons. The molecule has 2 N–H and O–H groups in total. The summed E-state index contributed by atoms with van der Waals surface area (Å²) in [6, 6.07) is 0.599. The molecule has 0 unspecified atom stereocenters. The molecule has 0 saturated carbocycles. The number of nitrogens with zero attached hydrogens (tertiary/aromatic N) is 1. The van der Waals surface area contributed by atoms with E-state index in [4.69, 9.17) is 21.8 Å². The SMILES string of the molecule is CCOC(=O)c1cc(F)c(C(C(=O)O)C(=O)O)nc1Cl. The van der Waals surface area contributed by atoms with Gasteiger partial charge in [-0.25, -0.2) is 14.2 Å². The molecule has 1 heterocycles. The number of ether oxygens (including phenoxy) is 1. The fourth-order valence-electron chi connectivity index (χ4n) is 1.37. The molecule has 1 rings (SSSR count). The van der Waals surface area contributed by atoms with Crippen molar-refractivity contribution in [2.45, 2.75) is 12.8 Å². The third-order valence-electron chi connectivity index (χ3n) is 2.22. The Kier molecular flexibility index (Phi) is 4.98. The van der Waals surface area contributed by atoms with Gasteiger partial charge in [0.15, 0.2) is 5.92 Å². The summed E-state index contributed by atoms with van der Waals surface area (Å²) in [4.78, 5) is 36.4. The summed E-state index contributed by atoms with van der Waals surface area (Å²) in [5.74, 6) is -8.04. The first-order valence-corrected chi connectivity index (χ1v) is 5.66. The Balaban J connectivity index is 3.33. The number of carboxylic acid groups (broad SMARTS) is 2. The highest BCUT2D eigenvalue weighted by Crippen LogP contribution is 2.24. The first kappa shape index (κ1) is 15.8. The molecule has 108 valence electrons. The lowest BCUT2D eigenvalue weighted by Gasteiger charge is -2.10. The van der Waals surface area contributed by atoms with Gasteiger partial charge in [0.2, 0.25) is 0 Å². The first-order valence-electron chi connectivity index (χ1n) is 5.28. The molecule has 0 aromatic carbocycles. The number of carboxylic acids is 2. The molecule has 0 fully saturated rings. The fourth-order valence-corrected chi connectivity index (χ4v) is 1.60. The number of rotatable bonds is 5. The molecule has 0 saturated heterocycles. The average molecular weight is 306 g/mol. The van der Waals surface area contributed by atoms with E-state index < -0.39 is 46.1 Å². The number of hydrogen-bond acceptors (Lipinski definition) is 5. The Morgan fingerprint density at radius 3 is 2.40 bits per heavy atom. The Morgan fingerprint density at radius 1 is 1.40 bits per heavy atom. The van der Waals surface area contributed by atoms with E-state index in [1.165, 1.54) is 6.92 Å². The van der Waals surface area contributed by atoms with Crippen LogP contribution < -0.4 is 0 Å². The maximum atomic E-state index is 13.7. The van der Waals surface area contributed by atoms with Crippen molar-refractivity contribution in [3.8, 4) is 0 Å². The van der Waals surface area contributed by atoms with Crippen molar-refractivity contribution in [3.63, 3.8) is 0 Å². The van der Waals surface area contributed by atoms with E-state index in [1.807, 2.05) is 0 Å². The van der Waals surface area contributed by atoms with Crippen LogP contribution in [0.15, 0.2) is 6.07 Å². The van der Waals surface area contributed by atoms with E-state index in [2.05, 4.69) is 9.72 Å². The average Bonchev–Trinajstić information content (AvgIpc) is 2.32. The predicted octanol–water partition coefficient (Wildman–Crippen LogP) is 1.30. The highest BCUT2D eigenvalue weighted by molar-refractivity contribution is 6.32. The van der Waals surface area contributed by atoms with Gasteiger partial charge in [-0.1, -0.05) is 11.6 Å². The molecule has 0 amide bonds. The second-order valence-electron chi connectivity index (χ2n) is 3.52. The Hall–Kier alpha value is -2.22. The summed E-state index contributed by atoms with van der Waals surface area (Å²) in [6.07, 6.45) is 0. The Bertz CT molecular complexity index is 562. The molecule has 1 aromatic heterocycles. The lowest BCUT2D eigenvalue weighted by Crippen LogP contribution is -2.24. The quantitative estimate of drug-likeness (QED) is 0.479. The highest BCUT2D eigenvalue weighted by Gasteiger charge is 2.33. The van der Waals surface area contributed by atoms with Crippen LogP contribution in [0, 0.1) is 5.82 Å². The summed E-state index contributed by atoms with van der Waals surface area (Å²) < 4.78 is 18.3. The van der Waals surface area contributed by atoms with E-state index in [1.54, 1.807) is 0 Å². The van der Waals surface area contributed by atoms with Gasteiger partial charge in [-0.3, -0.25) is 9.59 Å². The summed E-state index contributed by atoms with van der Waals surface area (Å²) >= 11 is 5.62. The van der Waals surface area contributed by atoms with E-state index >= 15 is 0 Å². The Labute approximate surface area is 116 Å².